The highest BCUT2D eigenvalue weighted by atomic mass is 16.5. The van der Waals surface area contributed by atoms with Crippen molar-refractivity contribution in [3.05, 3.63) is 70.6 Å². The van der Waals surface area contributed by atoms with E-state index in [1.165, 1.54) is 0 Å². The zero-order valence-electron chi connectivity index (χ0n) is 16.6. The molecule has 0 amide bonds. The molecule has 0 atom stereocenters. The van der Waals surface area contributed by atoms with E-state index < -0.39 is 0 Å². The van der Waals surface area contributed by atoms with Crippen molar-refractivity contribution < 1.29 is 13.9 Å². The predicted molar refractivity (Wildman–Crippen MR) is 113 cm³/mol. The number of hydrogen-bond donors (Lipinski definition) is 0. The minimum Gasteiger partial charge on any atom is -0.488 e. The van der Waals surface area contributed by atoms with Gasteiger partial charge in [-0.05, 0) is 63.0 Å². The summed E-state index contributed by atoms with van der Waals surface area (Å²) < 4.78 is 17.9. The summed E-state index contributed by atoms with van der Waals surface area (Å²) >= 11 is 0. The van der Waals surface area contributed by atoms with Gasteiger partial charge in [0.05, 0.1) is 17.0 Å². The molecule has 0 aliphatic carbocycles. The lowest BCUT2D eigenvalue weighted by Gasteiger charge is -2.13. The van der Waals surface area contributed by atoms with Crippen LogP contribution in [-0.2, 0) is 0 Å². The Kier molecular flexibility index (Phi) is 5.18. The Balaban J connectivity index is 1.79. The van der Waals surface area contributed by atoms with Crippen molar-refractivity contribution in [2.75, 3.05) is 27.2 Å². The van der Waals surface area contributed by atoms with E-state index in [0.717, 1.165) is 12.1 Å². The van der Waals surface area contributed by atoms with Crippen LogP contribution in [0.5, 0.6) is 17.2 Å². The third kappa shape index (κ3) is 4.07. The molecule has 0 saturated heterocycles. The molecule has 4 rings (SSSR count). The van der Waals surface area contributed by atoms with Crippen LogP contribution in [0.3, 0.4) is 0 Å². The number of benzene rings is 2. The van der Waals surface area contributed by atoms with Crippen LogP contribution in [0.15, 0.2) is 64.1 Å². The fraction of sp³-hybridized carbons (Fsp3) is 0.217. The molecule has 0 unspecified atom stereocenters. The molecule has 0 radical (unpaired) electrons. The summed E-state index contributed by atoms with van der Waals surface area (Å²) in [6.45, 7) is 3.19. The number of pyridine rings is 1. The molecule has 6 heteroatoms. The topological polar surface area (TPSA) is 64.8 Å². The molecule has 2 aromatic heterocycles. The molecule has 4 aromatic rings. The van der Waals surface area contributed by atoms with Gasteiger partial charge in [0.2, 0.25) is 5.43 Å². The van der Waals surface area contributed by atoms with E-state index >= 15 is 0 Å². The van der Waals surface area contributed by atoms with Crippen LogP contribution < -0.4 is 14.9 Å². The lowest BCUT2D eigenvalue weighted by Crippen LogP contribution is -2.19. The second-order valence-corrected chi connectivity index (χ2v) is 7.17. The molecule has 0 aliphatic rings. The normalized spacial score (nSPS) is 11.3. The van der Waals surface area contributed by atoms with E-state index in [2.05, 4.69) is 4.98 Å². The van der Waals surface area contributed by atoms with Gasteiger partial charge in [-0.15, -0.1) is 0 Å². The maximum absolute atomic E-state index is 13.1. The molecule has 6 nitrogen and oxygen atoms in total. The average molecular weight is 390 g/mol. The molecule has 0 fully saturated rings. The summed E-state index contributed by atoms with van der Waals surface area (Å²) in [5.74, 6) is 1.74. The Morgan fingerprint density at radius 1 is 1.07 bits per heavy atom. The number of fused-ring (bicyclic) bond motifs is 2. The first-order chi connectivity index (χ1) is 14.0. The molecule has 0 saturated carbocycles. The van der Waals surface area contributed by atoms with Crippen LogP contribution in [0.25, 0.3) is 21.9 Å². The molecule has 148 valence electrons. The van der Waals surface area contributed by atoms with E-state index in [9.17, 15) is 4.79 Å². The maximum atomic E-state index is 13.1. The Bertz CT molecular complexity index is 1220. The van der Waals surface area contributed by atoms with Crippen LogP contribution >= 0.6 is 0 Å². The lowest BCUT2D eigenvalue weighted by atomic mass is 10.1. The summed E-state index contributed by atoms with van der Waals surface area (Å²) in [4.78, 5) is 19.1. The standard InChI is InChI=1S/C23H22N2O4/c1-15-11-19-22(26)18-7-6-16(28-17-5-4-8-24-14-17)13-20(18)29-23(19)21(12-15)27-10-9-25(2)3/h4-8,11-14H,9-10H2,1-3H3. The molecule has 0 spiro atoms. The second-order valence-electron chi connectivity index (χ2n) is 7.17. The van der Waals surface area contributed by atoms with Gasteiger partial charge in [0.1, 0.15) is 23.7 Å². The van der Waals surface area contributed by atoms with Gasteiger partial charge in [0.25, 0.3) is 0 Å². The van der Waals surface area contributed by atoms with Crippen LogP contribution in [0.4, 0.5) is 0 Å². The van der Waals surface area contributed by atoms with Crippen LogP contribution in [0.1, 0.15) is 5.56 Å². The predicted octanol–water partition coefficient (Wildman–Crippen LogP) is 4.38. The van der Waals surface area contributed by atoms with Gasteiger partial charge in [-0.1, -0.05) is 0 Å². The van der Waals surface area contributed by atoms with Crippen molar-refractivity contribution in [2.24, 2.45) is 0 Å². The Morgan fingerprint density at radius 2 is 1.93 bits per heavy atom. The molecular formula is C23H22N2O4. The molecule has 0 bridgehead atoms. The highest BCUT2D eigenvalue weighted by Gasteiger charge is 2.14. The zero-order chi connectivity index (χ0) is 20.4. The summed E-state index contributed by atoms with van der Waals surface area (Å²) in [5.41, 5.74) is 1.76. The monoisotopic (exact) mass is 390 g/mol. The number of nitrogens with zero attached hydrogens (tertiary/aromatic N) is 2. The number of rotatable bonds is 6. The van der Waals surface area contributed by atoms with Crippen molar-refractivity contribution in [1.29, 1.82) is 0 Å². The van der Waals surface area contributed by atoms with Gasteiger partial charge in [-0.2, -0.15) is 0 Å². The summed E-state index contributed by atoms with van der Waals surface area (Å²) in [5, 5.41) is 1.01. The van der Waals surface area contributed by atoms with Crippen LogP contribution in [0.2, 0.25) is 0 Å². The molecule has 2 aromatic carbocycles. The van der Waals surface area contributed by atoms with Crippen LogP contribution in [0, 0.1) is 6.92 Å². The molecule has 0 aliphatic heterocycles. The highest BCUT2D eigenvalue weighted by molar-refractivity contribution is 5.93. The van der Waals surface area contributed by atoms with Crippen LogP contribution in [-0.4, -0.2) is 37.1 Å². The van der Waals surface area contributed by atoms with Crippen molar-refractivity contribution in [3.8, 4) is 17.2 Å². The van der Waals surface area contributed by atoms with E-state index in [-0.39, 0.29) is 5.43 Å². The van der Waals surface area contributed by atoms with Gasteiger partial charge < -0.3 is 18.8 Å². The number of aryl methyl sites for hydroxylation is 1. The van der Waals surface area contributed by atoms with Gasteiger partial charge in [-0.25, -0.2) is 0 Å². The molecule has 0 N–H and O–H groups in total. The van der Waals surface area contributed by atoms with Gasteiger partial charge in [0, 0.05) is 18.8 Å². The number of aromatic nitrogens is 1. The van der Waals surface area contributed by atoms with Gasteiger partial charge in [0.15, 0.2) is 11.3 Å². The molecule has 2 heterocycles. The zero-order valence-corrected chi connectivity index (χ0v) is 16.6. The quantitative estimate of drug-likeness (QED) is 0.455. The Labute approximate surface area is 168 Å². The highest BCUT2D eigenvalue weighted by Crippen LogP contribution is 2.31. The summed E-state index contributed by atoms with van der Waals surface area (Å²) in [7, 11) is 3.96. The van der Waals surface area contributed by atoms with E-state index in [1.807, 2.05) is 44.1 Å². The largest absolute Gasteiger partial charge is 0.488 e. The third-order valence-electron chi connectivity index (χ3n) is 4.52. The molecular weight excluding hydrogens is 368 g/mol. The fourth-order valence-electron chi connectivity index (χ4n) is 3.10. The fourth-order valence-corrected chi connectivity index (χ4v) is 3.10. The Morgan fingerprint density at radius 3 is 2.69 bits per heavy atom. The van der Waals surface area contributed by atoms with Crippen molar-refractivity contribution >= 4 is 21.9 Å². The van der Waals surface area contributed by atoms with Crippen molar-refractivity contribution in [3.63, 3.8) is 0 Å². The molecule has 29 heavy (non-hydrogen) atoms. The first-order valence-electron chi connectivity index (χ1n) is 9.38. The summed E-state index contributed by atoms with van der Waals surface area (Å²) in [6.07, 6.45) is 3.30. The summed E-state index contributed by atoms with van der Waals surface area (Å²) in [6, 6.07) is 12.5. The maximum Gasteiger partial charge on any atom is 0.200 e. The van der Waals surface area contributed by atoms with Gasteiger partial charge in [-0.3, -0.25) is 9.78 Å². The first kappa shape index (κ1) is 19.0. The average Bonchev–Trinajstić information content (AvgIpc) is 2.69. The number of ether oxygens (including phenoxy) is 2. The van der Waals surface area contributed by atoms with E-state index in [0.29, 0.717) is 45.8 Å². The van der Waals surface area contributed by atoms with Gasteiger partial charge >= 0.3 is 0 Å². The SMILES string of the molecule is Cc1cc(OCCN(C)C)c2oc3cc(Oc4cccnc4)ccc3c(=O)c2c1. The lowest BCUT2D eigenvalue weighted by molar-refractivity contribution is 0.261. The minimum atomic E-state index is -0.0877. The van der Waals surface area contributed by atoms with Crippen molar-refractivity contribution in [1.82, 2.24) is 9.88 Å². The Hall–Kier alpha value is -3.38. The van der Waals surface area contributed by atoms with E-state index in [1.54, 1.807) is 36.7 Å². The minimum absolute atomic E-state index is 0.0877. The second kappa shape index (κ2) is 7.93. The first-order valence-corrected chi connectivity index (χ1v) is 9.38. The smallest absolute Gasteiger partial charge is 0.200 e. The number of likely N-dealkylation sites (N-methyl/N-ethyl adjacent to an activating group) is 1. The third-order valence-corrected chi connectivity index (χ3v) is 4.52. The van der Waals surface area contributed by atoms with Crippen molar-refractivity contribution in [2.45, 2.75) is 6.92 Å². The van der Waals surface area contributed by atoms with E-state index in [4.69, 9.17) is 13.9 Å². The number of hydrogen-bond acceptors (Lipinski definition) is 6.